The Morgan fingerprint density at radius 3 is 2.30 bits per heavy atom. The van der Waals surface area contributed by atoms with E-state index in [0.29, 0.717) is 0 Å². The highest BCUT2D eigenvalue weighted by molar-refractivity contribution is 7.80. The van der Waals surface area contributed by atoms with Crippen LogP contribution >= 0.6 is 12.2 Å². The van der Waals surface area contributed by atoms with Crippen molar-refractivity contribution in [2.75, 3.05) is 13.2 Å². The Hall–Kier alpha value is -2.49. The van der Waals surface area contributed by atoms with Crippen LogP contribution in [0.4, 0.5) is 0 Å². The predicted octanol–water partition coefficient (Wildman–Crippen LogP) is 0.311. The van der Waals surface area contributed by atoms with Crippen LogP contribution in [0.25, 0.3) is 0 Å². The number of aliphatic hydroxyl groups is 1. The van der Waals surface area contributed by atoms with Gasteiger partial charge in [0.15, 0.2) is 0 Å². The second-order valence-electron chi connectivity index (χ2n) is 3.93. The normalized spacial score (nSPS) is 11.4. The van der Waals surface area contributed by atoms with Gasteiger partial charge in [-0.2, -0.15) is 0 Å². The van der Waals surface area contributed by atoms with E-state index in [1.165, 1.54) is 6.92 Å². The summed E-state index contributed by atoms with van der Waals surface area (Å²) < 4.78 is 9.44. The van der Waals surface area contributed by atoms with E-state index in [-0.39, 0.29) is 23.9 Å². The molecular weight excluding hydrogens is 326 g/mol. The highest BCUT2D eigenvalue weighted by Gasteiger charge is 2.18. The zero-order valence-corrected chi connectivity index (χ0v) is 13.9. The quantitative estimate of drug-likeness (QED) is 0.157. The second-order valence-corrected chi connectivity index (χ2v) is 4.32. The maximum absolute atomic E-state index is 11.8. The molecule has 0 unspecified atom stereocenters. The topological polar surface area (TPSA) is 126 Å². The molecule has 9 nitrogen and oxygen atoms in total. The van der Waals surface area contributed by atoms with Crippen LogP contribution in [0, 0.1) is 0 Å². The lowest BCUT2D eigenvalue weighted by atomic mass is 10.2. The van der Waals surface area contributed by atoms with E-state index >= 15 is 0 Å². The monoisotopic (exact) mass is 345 g/mol. The Kier molecular flexibility index (Phi) is 9.92. The lowest BCUT2D eigenvalue weighted by molar-refractivity contribution is -0.142. The number of carbonyl (C=O) groups is 3. The van der Waals surface area contributed by atoms with E-state index in [1.807, 2.05) is 0 Å². The van der Waals surface area contributed by atoms with Gasteiger partial charge in [-0.3, -0.25) is 20.4 Å². The van der Waals surface area contributed by atoms with Crippen molar-refractivity contribution in [2.45, 2.75) is 27.2 Å². The molecule has 0 heterocycles. The number of amides is 1. The van der Waals surface area contributed by atoms with Crippen molar-refractivity contribution in [3.05, 3.63) is 11.3 Å². The third kappa shape index (κ3) is 9.19. The summed E-state index contributed by atoms with van der Waals surface area (Å²) in [6.45, 7) is 4.65. The summed E-state index contributed by atoms with van der Waals surface area (Å²) in [4.78, 5) is 37.5. The molecule has 0 atom stereocenters. The van der Waals surface area contributed by atoms with E-state index in [2.05, 4.69) is 20.6 Å². The Morgan fingerprint density at radius 2 is 1.78 bits per heavy atom. The molecule has 1 amide bonds. The molecule has 10 heteroatoms. The molecule has 0 radical (unpaired) electrons. The molecule has 0 aromatic carbocycles. The molecule has 0 rings (SSSR count). The fraction of sp³-hybridized carbons (Fsp3) is 0.462. The largest absolute Gasteiger partial charge is 0.511 e. The van der Waals surface area contributed by atoms with E-state index in [9.17, 15) is 19.5 Å². The smallest absolute Gasteiger partial charge is 0.343 e. The molecule has 0 saturated heterocycles. The lowest BCUT2D eigenvalue weighted by Crippen LogP contribution is -2.38. The number of nitrogens with one attached hydrogen (secondary N) is 2. The van der Waals surface area contributed by atoms with Gasteiger partial charge in [0.25, 0.3) is 0 Å². The number of aliphatic hydroxyl groups excluding tert-OH is 1. The average molecular weight is 345 g/mol. The predicted molar refractivity (Wildman–Crippen MR) is 85.6 cm³/mol. The van der Waals surface area contributed by atoms with Crippen molar-refractivity contribution >= 4 is 41.4 Å². The van der Waals surface area contributed by atoms with Gasteiger partial charge in [-0.15, -0.1) is 0 Å². The number of hydrogen-bond acceptors (Lipinski definition) is 7. The molecular formula is C13H19N3O6S. The minimum atomic E-state index is -0.875. The van der Waals surface area contributed by atoms with Gasteiger partial charge in [0.05, 0.1) is 13.2 Å². The Balaban J connectivity index is 5.13. The molecule has 23 heavy (non-hydrogen) atoms. The fourth-order valence-corrected chi connectivity index (χ4v) is 1.30. The van der Waals surface area contributed by atoms with Crippen molar-refractivity contribution in [1.82, 2.24) is 10.9 Å². The van der Waals surface area contributed by atoms with Crippen LogP contribution in [0.1, 0.15) is 27.2 Å². The number of nitrogens with zero attached hydrogens (tertiary/aromatic N) is 1. The number of esters is 2. The van der Waals surface area contributed by atoms with E-state index in [0.717, 1.165) is 6.21 Å². The average Bonchev–Trinajstić information content (AvgIpc) is 2.45. The third-order valence-electron chi connectivity index (χ3n) is 2.08. The number of ether oxygens (including phenoxy) is 2. The first kappa shape index (κ1) is 20.5. The SMILES string of the molecule is CCOC(=O)C/C(O)=C(\C=N\C(=S)NNC(C)=O)C(=O)OCC. The standard InChI is InChI=1S/C13H19N3O6S/c1-4-21-11(19)6-10(18)9(12(20)22-5-2)7-14-13(23)16-15-8(3)17/h7,18H,4-6H2,1-3H3,(H,15,17)(H,16,23)/b10-9-,14-7+. The van der Waals surface area contributed by atoms with Crippen LogP contribution in [0.2, 0.25) is 0 Å². The van der Waals surface area contributed by atoms with Crippen LogP contribution < -0.4 is 10.9 Å². The minimum Gasteiger partial charge on any atom is -0.511 e. The van der Waals surface area contributed by atoms with Crippen LogP contribution in [0.3, 0.4) is 0 Å². The molecule has 0 aliphatic carbocycles. The van der Waals surface area contributed by atoms with Gasteiger partial charge >= 0.3 is 11.9 Å². The van der Waals surface area contributed by atoms with Crippen LogP contribution in [-0.2, 0) is 23.9 Å². The molecule has 128 valence electrons. The van der Waals surface area contributed by atoms with E-state index < -0.39 is 30.0 Å². The van der Waals surface area contributed by atoms with Crippen molar-refractivity contribution in [1.29, 1.82) is 0 Å². The van der Waals surface area contributed by atoms with Crippen LogP contribution in [0.5, 0.6) is 0 Å². The van der Waals surface area contributed by atoms with E-state index in [4.69, 9.17) is 17.0 Å². The maximum atomic E-state index is 11.8. The van der Waals surface area contributed by atoms with Gasteiger partial charge in [-0.05, 0) is 26.1 Å². The van der Waals surface area contributed by atoms with Gasteiger partial charge in [0.1, 0.15) is 17.8 Å². The van der Waals surface area contributed by atoms with Crippen molar-refractivity contribution in [3.63, 3.8) is 0 Å². The van der Waals surface area contributed by atoms with Gasteiger partial charge in [0.2, 0.25) is 11.0 Å². The molecule has 0 bridgehead atoms. The number of rotatable bonds is 6. The summed E-state index contributed by atoms with van der Waals surface area (Å²) >= 11 is 4.79. The fourth-order valence-electron chi connectivity index (χ4n) is 1.19. The minimum absolute atomic E-state index is 0.0669. The Labute approximate surface area is 138 Å². The van der Waals surface area contributed by atoms with Crippen molar-refractivity contribution < 1.29 is 29.0 Å². The molecule has 0 aliphatic rings. The highest BCUT2D eigenvalue weighted by Crippen LogP contribution is 2.08. The summed E-state index contributed by atoms with van der Waals surface area (Å²) in [5.41, 5.74) is 4.14. The van der Waals surface area contributed by atoms with Crippen LogP contribution in [0.15, 0.2) is 16.3 Å². The summed E-state index contributed by atoms with van der Waals surface area (Å²) in [6.07, 6.45) is 0.420. The summed E-state index contributed by atoms with van der Waals surface area (Å²) in [7, 11) is 0. The Bertz CT molecular complexity index is 530. The molecule has 0 aromatic heterocycles. The first-order valence-electron chi connectivity index (χ1n) is 6.67. The number of hydrogen-bond donors (Lipinski definition) is 3. The summed E-state index contributed by atoms with van der Waals surface area (Å²) in [6, 6.07) is 0. The molecule has 0 spiro atoms. The zero-order chi connectivity index (χ0) is 17.8. The number of aliphatic imine (C=N–C) groups is 1. The van der Waals surface area contributed by atoms with Crippen molar-refractivity contribution in [2.24, 2.45) is 4.99 Å². The second kappa shape index (κ2) is 11.1. The third-order valence-corrected chi connectivity index (χ3v) is 2.29. The van der Waals surface area contributed by atoms with Gasteiger partial charge in [-0.25, -0.2) is 9.79 Å². The molecule has 0 fully saturated rings. The van der Waals surface area contributed by atoms with Crippen LogP contribution in [-0.4, -0.2) is 47.5 Å². The molecule has 0 aliphatic heterocycles. The summed E-state index contributed by atoms with van der Waals surface area (Å²) in [5, 5.41) is 9.73. The molecule has 0 aromatic rings. The van der Waals surface area contributed by atoms with Gasteiger partial charge < -0.3 is 14.6 Å². The first-order chi connectivity index (χ1) is 10.8. The molecule has 3 N–H and O–H groups in total. The number of carbonyl (C=O) groups excluding carboxylic acids is 3. The first-order valence-corrected chi connectivity index (χ1v) is 7.08. The highest BCUT2D eigenvalue weighted by atomic mass is 32.1. The number of hydrazine groups is 1. The summed E-state index contributed by atoms with van der Waals surface area (Å²) in [5.74, 6) is -2.54. The molecule has 0 saturated carbocycles. The Morgan fingerprint density at radius 1 is 1.17 bits per heavy atom. The maximum Gasteiger partial charge on any atom is 0.343 e. The van der Waals surface area contributed by atoms with E-state index in [1.54, 1.807) is 13.8 Å². The number of thiocarbonyl (C=S) groups is 1. The van der Waals surface area contributed by atoms with Gasteiger partial charge in [0, 0.05) is 13.1 Å². The zero-order valence-electron chi connectivity index (χ0n) is 13.0. The van der Waals surface area contributed by atoms with Crippen molar-refractivity contribution in [3.8, 4) is 0 Å². The lowest BCUT2D eigenvalue weighted by Gasteiger charge is -2.07. The van der Waals surface area contributed by atoms with Gasteiger partial charge in [-0.1, -0.05) is 0 Å².